The highest BCUT2D eigenvalue weighted by Gasteiger charge is 2.15. The Kier molecular flexibility index (Phi) is 5.15. The zero-order valence-electron chi connectivity index (χ0n) is 12.3. The van der Waals surface area contributed by atoms with Crippen molar-refractivity contribution in [2.75, 3.05) is 11.9 Å². The summed E-state index contributed by atoms with van der Waals surface area (Å²) in [6, 6.07) is 5.58. The molecule has 1 atom stereocenters. The summed E-state index contributed by atoms with van der Waals surface area (Å²) in [7, 11) is 0. The summed E-state index contributed by atoms with van der Waals surface area (Å²) in [6.07, 6.45) is 3.02. The molecule has 0 bridgehead atoms. The first-order valence-electron chi connectivity index (χ1n) is 7.10. The van der Waals surface area contributed by atoms with Crippen LogP contribution in [0.5, 0.6) is 0 Å². The lowest BCUT2D eigenvalue weighted by Gasteiger charge is -2.15. The van der Waals surface area contributed by atoms with Crippen LogP contribution in [0.3, 0.4) is 0 Å². The minimum absolute atomic E-state index is 0.0665. The smallest absolute Gasteiger partial charge is 0.224 e. The first-order chi connectivity index (χ1) is 10.1. The molecule has 0 aliphatic carbocycles. The van der Waals surface area contributed by atoms with Gasteiger partial charge in [-0.3, -0.25) is 9.78 Å². The van der Waals surface area contributed by atoms with Gasteiger partial charge in [-0.2, -0.15) is 0 Å². The summed E-state index contributed by atoms with van der Waals surface area (Å²) in [6.45, 7) is 4.49. The van der Waals surface area contributed by atoms with Crippen LogP contribution in [0.4, 0.5) is 5.69 Å². The van der Waals surface area contributed by atoms with Gasteiger partial charge >= 0.3 is 0 Å². The topological polar surface area (TPSA) is 68.0 Å². The molecule has 2 rings (SSSR count). The lowest BCUT2D eigenvalue weighted by Crippen LogP contribution is -2.22. The third-order valence-corrected chi connectivity index (χ3v) is 3.98. The number of hydrogen-bond donors (Lipinski definition) is 2. The van der Waals surface area contributed by atoms with Crippen molar-refractivity contribution in [1.29, 1.82) is 0 Å². The molecule has 0 saturated heterocycles. The lowest BCUT2D eigenvalue weighted by atomic mass is 10.0. The Labute approximate surface area is 129 Å². The minimum Gasteiger partial charge on any atom is -0.330 e. The fourth-order valence-electron chi connectivity index (χ4n) is 2.35. The molecule has 0 aliphatic rings. The van der Waals surface area contributed by atoms with Crippen LogP contribution in [-0.4, -0.2) is 17.4 Å². The summed E-state index contributed by atoms with van der Waals surface area (Å²) >= 11 is 6.29. The third kappa shape index (κ3) is 3.52. The van der Waals surface area contributed by atoms with E-state index in [1.807, 2.05) is 32.0 Å². The number of amides is 1. The number of nitrogens with zero attached hydrogens (tertiary/aromatic N) is 1. The predicted octanol–water partition coefficient (Wildman–Crippen LogP) is 3.51. The zero-order chi connectivity index (χ0) is 15.4. The highest BCUT2D eigenvalue weighted by Crippen LogP contribution is 2.32. The first kappa shape index (κ1) is 15.7. The summed E-state index contributed by atoms with van der Waals surface area (Å²) < 4.78 is 0. The molecule has 0 saturated carbocycles. The standard InChI is InChI=1S/C16H20ClN3O/c1-3-11(9-18)8-14(21)20-16-12-5-4-6-19-15(12)10(2)7-13(16)17/h4-7,11H,3,8-9,18H2,1-2H3,(H,20,21). The SMILES string of the molecule is CCC(CN)CC(=O)Nc1c(Cl)cc(C)c2ncccc12. The number of carbonyl (C=O) groups excluding carboxylic acids is 1. The second kappa shape index (κ2) is 6.87. The van der Waals surface area contributed by atoms with Crippen LogP contribution >= 0.6 is 11.6 Å². The van der Waals surface area contributed by atoms with Crippen LogP contribution < -0.4 is 11.1 Å². The van der Waals surface area contributed by atoms with Crippen molar-refractivity contribution in [3.05, 3.63) is 35.0 Å². The molecular weight excluding hydrogens is 286 g/mol. The molecule has 0 radical (unpaired) electrons. The van der Waals surface area contributed by atoms with E-state index in [1.54, 1.807) is 6.20 Å². The maximum Gasteiger partial charge on any atom is 0.224 e. The number of nitrogens with two attached hydrogens (primary N) is 1. The van der Waals surface area contributed by atoms with Crippen molar-refractivity contribution in [1.82, 2.24) is 4.98 Å². The number of carbonyl (C=O) groups is 1. The number of pyridine rings is 1. The van der Waals surface area contributed by atoms with Crippen LogP contribution in [0, 0.1) is 12.8 Å². The molecule has 0 aliphatic heterocycles. The number of hydrogen-bond acceptors (Lipinski definition) is 3. The maximum atomic E-state index is 12.2. The quantitative estimate of drug-likeness (QED) is 0.888. The summed E-state index contributed by atoms with van der Waals surface area (Å²) in [5.41, 5.74) is 8.11. The van der Waals surface area contributed by atoms with E-state index in [4.69, 9.17) is 17.3 Å². The monoisotopic (exact) mass is 305 g/mol. The van der Waals surface area contributed by atoms with Gasteiger partial charge in [0.2, 0.25) is 5.91 Å². The summed E-state index contributed by atoms with van der Waals surface area (Å²) in [4.78, 5) is 16.5. The molecule has 5 heteroatoms. The maximum absolute atomic E-state index is 12.2. The summed E-state index contributed by atoms with van der Waals surface area (Å²) in [5.74, 6) is 0.127. The van der Waals surface area contributed by atoms with E-state index in [1.165, 1.54) is 0 Å². The Balaban J connectivity index is 2.32. The van der Waals surface area contributed by atoms with E-state index in [0.29, 0.717) is 23.7 Å². The normalized spacial score (nSPS) is 12.4. The molecule has 1 aromatic heterocycles. The van der Waals surface area contributed by atoms with E-state index < -0.39 is 0 Å². The summed E-state index contributed by atoms with van der Waals surface area (Å²) in [5, 5.41) is 4.30. The average Bonchev–Trinajstić information content (AvgIpc) is 2.49. The van der Waals surface area contributed by atoms with Crippen LogP contribution in [0.2, 0.25) is 5.02 Å². The van der Waals surface area contributed by atoms with Crippen LogP contribution in [0.25, 0.3) is 10.9 Å². The molecule has 0 fully saturated rings. The first-order valence-corrected chi connectivity index (χ1v) is 7.48. The predicted molar refractivity (Wildman–Crippen MR) is 87.6 cm³/mol. The highest BCUT2D eigenvalue weighted by molar-refractivity contribution is 6.35. The van der Waals surface area contributed by atoms with Gasteiger partial charge in [0.1, 0.15) is 0 Å². The molecular formula is C16H20ClN3O. The molecule has 2 aromatic rings. The van der Waals surface area contributed by atoms with Crippen LogP contribution in [0.1, 0.15) is 25.3 Å². The number of anilines is 1. The number of fused-ring (bicyclic) bond motifs is 1. The van der Waals surface area contributed by atoms with Crippen molar-refractivity contribution >= 4 is 34.1 Å². The van der Waals surface area contributed by atoms with Gasteiger partial charge in [-0.25, -0.2) is 0 Å². The minimum atomic E-state index is -0.0665. The van der Waals surface area contributed by atoms with E-state index in [0.717, 1.165) is 22.9 Å². The Bertz CT molecular complexity index is 653. The van der Waals surface area contributed by atoms with Gasteiger partial charge in [0.25, 0.3) is 0 Å². The van der Waals surface area contributed by atoms with Gasteiger partial charge in [-0.05, 0) is 43.1 Å². The van der Waals surface area contributed by atoms with Gasteiger partial charge < -0.3 is 11.1 Å². The number of aromatic nitrogens is 1. The lowest BCUT2D eigenvalue weighted by molar-refractivity contribution is -0.117. The van der Waals surface area contributed by atoms with Crippen molar-refractivity contribution < 1.29 is 4.79 Å². The molecule has 112 valence electrons. The van der Waals surface area contributed by atoms with E-state index in [9.17, 15) is 4.79 Å². The van der Waals surface area contributed by atoms with Crippen molar-refractivity contribution in [3.8, 4) is 0 Å². The molecule has 1 amide bonds. The Hall–Kier alpha value is -1.65. The fourth-order valence-corrected chi connectivity index (χ4v) is 2.67. The van der Waals surface area contributed by atoms with Crippen molar-refractivity contribution in [2.24, 2.45) is 11.7 Å². The molecule has 4 nitrogen and oxygen atoms in total. The van der Waals surface area contributed by atoms with Crippen molar-refractivity contribution in [2.45, 2.75) is 26.7 Å². The van der Waals surface area contributed by atoms with E-state index >= 15 is 0 Å². The van der Waals surface area contributed by atoms with Gasteiger partial charge in [-0.1, -0.05) is 24.9 Å². The molecule has 1 aromatic carbocycles. The van der Waals surface area contributed by atoms with Gasteiger partial charge in [0.15, 0.2) is 0 Å². The van der Waals surface area contributed by atoms with Gasteiger partial charge in [0.05, 0.1) is 16.2 Å². The Morgan fingerprint density at radius 3 is 2.95 bits per heavy atom. The third-order valence-electron chi connectivity index (χ3n) is 3.68. The van der Waals surface area contributed by atoms with Crippen molar-refractivity contribution in [3.63, 3.8) is 0 Å². The van der Waals surface area contributed by atoms with Crippen LogP contribution in [0.15, 0.2) is 24.4 Å². The second-order valence-electron chi connectivity index (χ2n) is 5.21. The molecule has 21 heavy (non-hydrogen) atoms. The van der Waals surface area contributed by atoms with Gasteiger partial charge in [0, 0.05) is 18.0 Å². The van der Waals surface area contributed by atoms with Crippen LogP contribution in [-0.2, 0) is 4.79 Å². The molecule has 1 unspecified atom stereocenters. The number of nitrogens with one attached hydrogen (secondary N) is 1. The Morgan fingerprint density at radius 2 is 2.29 bits per heavy atom. The molecule has 1 heterocycles. The van der Waals surface area contributed by atoms with Gasteiger partial charge in [-0.15, -0.1) is 0 Å². The number of aryl methyl sites for hydroxylation is 1. The average molecular weight is 306 g/mol. The van der Waals surface area contributed by atoms with E-state index in [-0.39, 0.29) is 11.8 Å². The number of rotatable bonds is 5. The fraction of sp³-hybridized carbons (Fsp3) is 0.375. The highest BCUT2D eigenvalue weighted by atomic mass is 35.5. The number of benzene rings is 1. The number of halogens is 1. The second-order valence-corrected chi connectivity index (χ2v) is 5.62. The Morgan fingerprint density at radius 1 is 1.52 bits per heavy atom. The zero-order valence-corrected chi connectivity index (χ0v) is 13.1. The largest absolute Gasteiger partial charge is 0.330 e. The molecule has 0 spiro atoms. The van der Waals surface area contributed by atoms with E-state index in [2.05, 4.69) is 10.3 Å². The molecule has 3 N–H and O–H groups in total.